The molecule has 0 bridgehead atoms. The molecule has 37 heavy (non-hydrogen) atoms. The van der Waals surface area contributed by atoms with Gasteiger partial charge in [0.05, 0.1) is 18.1 Å². The Labute approximate surface area is 223 Å². The minimum atomic E-state index is -0.408. The van der Waals surface area contributed by atoms with Gasteiger partial charge < -0.3 is 14.6 Å². The van der Waals surface area contributed by atoms with Gasteiger partial charge in [-0.15, -0.1) is 0 Å². The normalized spacial score (nSPS) is 17.5. The third-order valence-corrected chi connectivity index (χ3v) is 8.17. The van der Waals surface area contributed by atoms with Crippen molar-refractivity contribution >= 4 is 28.9 Å². The van der Waals surface area contributed by atoms with Crippen molar-refractivity contribution in [2.75, 3.05) is 17.7 Å². The summed E-state index contributed by atoms with van der Waals surface area (Å²) < 4.78 is 7.34. The van der Waals surface area contributed by atoms with Crippen LogP contribution in [0.5, 0.6) is 0 Å². The molecule has 0 radical (unpaired) electrons. The van der Waals surface area contributed by atoms with Crippen LogP contribution in [0.1, 0.15) is 87.2 Å². The van der Waals surface area contributed by atoms with Crippen LogP contribution in [0.2, 0.25) is 0 Å². The second-order valence-electron chi connectivity index (χ2n) is 11.0. The maximum Gasteiger partial charge on any atom is 0.291 e. The van der Waals surface area contributed by atoms with Gasteiger partial charge >= 0.3 is 0 Å². The van der Waals surface area contributed by atoms with Crippen molar-refractivity contribution in [3.05, 3.63) is 53.1 Å². The van der Waals surface area contributed by atoms with Crippen LogP contribution in [0.15, 0.2) is 30.5 Å². The number of nitrogens with zero attached hydrogens (tertiary/aromatic N) is 4. The van der Waals surface area contributed by atoms with Crippen LogP contribution >= 0.6 is 11.8 Å². The summed E-state index contributed by atoms with van der Waals surface area (Å²) in [6.07, 6.45) is 8.48. The molecule has 1 aromatic heterocycles. The highest BCUT2D eigenvalue weighted by Gasteiger charge is 2.45. The van der Waals surface area contributed by atoms with Crippen molar-refractivity contribution in [2.24, 2.45) is 5.41 Å². The van der Waals surface area contributed by atoms with E-state index in [0.29, 0.717) is 17.5 Å². The van der Waals surface area contributed by atoms with E-state index >= 15 is 0 Å². The van der Waals surface area contributed by atoms with Gasteiger partial charge in [0.2, 0.25) is 5.82 Å². The fourth-order valence-corrected chi connectivity index (χ4v) is 5.25. The Morgan fingerprint density at radius 3 is 2.68 bits per heavy atom. The lowest BCUT2D eigenvalue weighted by Crippen LogP contribution is -2.21. The molecule has 1 fully saturated rings. The van der Waals surface area contributed by atoms with Gasteiger partial charge in [-0.25, -0.2) is 4.98 Å². The maximum atomic E-state index is 13.4. The zero-order valence-corrected chi connectivity index (χ0v) is 23.0. The molecule has 1 amide bonds. The van der Waals surface area contributed by atoms with Crippen LogP contribution in [-0.2, 0) is 16.9 Å². The van der Waals surface area contributed by atoms with Crippen LogP contribution in [-0.4, -0.2) is 33.1 Å². The molecule has 0 atom stereocenters. The lowest BCUT2D eigenvalue weighted by atomic mass is 9.76. The van der Waals surface area contributed by atoms with E-state index in [9.17, 15) is 15.3 Å². The van der Waals surface area contributed by atoms with E-state index in [-0.39, 0.29) is 23.7 Å². The van der Waals surface area contributed by atoms with E-state index < -0.39 is 11.3 Å². The number of anilines is 1. The molecule has 194 valence electrons. The van der Waals surface area contributed by atoms with Crippen molar-refractivity contribution in [2.45, 2.75) is 77.2 Å². The third-order valence-electron chi connectivity index (χ3n) is 7.11. The number of benzene rings is 1. The third kappa shape index (κ3) is 6.44. The van der Waals surface area contributed by atoms with Gasteiger partial charge in [0.25, 0.3) is 5.91 Å². The SMILES string of the molecule is CC(C)SCCOCn1cc(C#N)nc1C(=O)Nc1ccc(C2(C#N)CC2)cc1C1=CCC(C)(C)CC1. The van der Waals surface area contributed by atoms with Crippen LogP contribution in [0.4, 0.5) is 5.69 Å². The Morgan fingerprint density at radius 1 is 1.27 bits per heavy atom. The number of carbonyl (C=O) groups excluding carboxylic acids is 1. The number of ether oxygens (including phenoxy) is 1. The first-order chi connectivity index (χ1) is 17.7. The Morgan fingerprint density at radius 2 is 2.05 bits per heavy atom. The number of rotatable bonds is 10. The first-order valence-corrected chi connectivity index (χ1v) is 13.9. The molecule has 0 spiro atoms. The van der Waals surface area contributed by atoms with Crippen LogP contribution in [0.25, 0.3) is 5.57 Å². The minimum Gasteiger partial charge on any atom is -0.360 e. The summed E-state index contributed by atoms with van der Waals surface area (Å²) in [5.41, 5.74) is 3.87. The summed E-state index contributed by atoms with van der Waals surface area (Å²) in [7, 11) is 0. The molecular formula is C29H35N5O2S. The lowest BCUT2D eigenvalue weighted by molar-refractivity contribution is 0.0828. The van der Waals surface area contributed by atoms with E-state index in [1.165, 1.54) is 5.57 Å². The van der Waals surface area contributed by atoms with E-state index in [2.05, 4.69) is 56.2 Å². The number of allylic oxidation sites excluding steroid dienone is 2. The molecule has 2 aromatic rings. The highest BCUT2D eigenvalue weighted by atomic mass is 32.2. The molecule has 7 nitrogen and oxygen atoms in total. The van der Waals surface area contributed by atoms with Gasteiger partial charge in [0.1, 0.15) is 12.8 Å². The minimum absolute atomic E-state index is 0.137. The number of hydrogen-bond acceptors (Lipinski definition) is 6. The summed E-state index contributed by atoms with van der Waals surface area (Å²) in [6.45, 7) is 9.50. The largest absolute Gasteiger partial charge is 0.360 e. The molecule has 0 aliphatic heterocycles. The summed E-state index contributed by atoms with van der Waals surface area (Å²) in [5, 5.41) is 22.7. The second kappa shape index (κ2) is 11.1. The Bertz CT molecular complexity index is 1270. The summed E-state index contributed by atoms with van der Waals surface area (Å²) in [4.78, 5) is 17.6. The number of nitriles is 2. The van der Waals surface area contributed by atoms with Crippen molar-refractivity contribution in [1.29, 1.82) is 10.5 Å². The quantitative estimate of drug-likeness (QED) is 0.372. The van der Waals surface area contributed by atoms with E-state index in [0.717, 1.165) is 49.0 Å². The van der Waals surface area contributed by atoms with Crippen LogP contribution in [0.3, 0.4) is 0 Å². The molecule has 2 aliphatic carbocycles. The molecule has 1 N–H and O–H groups in total. The zero-order valence-electron chi connectivity index (χ0n) is 22.1. The average molecular weight is 518 g/mol. The molecule has 8 heteroatoms. The molecule has 4 rings (SSSR count). The number of imidazole rings is 1. The lowest BCUT2D eigenvalue weighted by Gasteiger charge is -2.29. The van der Waals surface area contributed by atoms with E-state index in [4.69, 9.17) is 4.74 Å². The number of hydrogen-bond donors (Lipinski definition) is 1. The predicted octanol–water partition coefficient (Wildman–Crippen LogP) is 6.27. The first kappa shape index (κ1) is 27.0. The van der Waals surface area contributed by atoms with Gasteiger partial charge in [-0.3, -0.25) is 4.79 Å². The summed E-state index contributed by atoms with van der Waals surface area (Å²) in [6, 6.07) is 10.4. The molecule has 0 unspecified atom stereocenters. The maximum absolute atomic E-state index is 13.4. The van der Waals surface area contributed by atoms with Gasteiger partial charge in [0, 0.05) is 23.2 Å². The van der Waals surface area contributed by atoms with Crippen LogP contribution in [0, 0.1) is 28.1 Å². The number of nitrogens with one attached hydrogen (secondary N) is 1. The van der Waals surface area contributed by atoms with Gasteiger partial charge in [0.15, 0.2) is 5.69 Å². The molecule has 1 aromatic carbocycles. The molecule has 2 aliphatic rings. The second-order valence-corrected chi connectivity index (χ2v) is 12.7. The van der Waals surface area contributed by atoms with Crippen molar-refractivity contribution < 1.29 is 9.53 Å². The van der Waals surface area contributed by atoms with Crippen molar-refractivity contribution in [3.63, 3.8) is 0 Å². The standard InChI is InChI=1S/C29H35N5O2S/c1-20(2)37-14-13-36-19-34-17-23(16-30)32-26(34)27(35)33-25-6-5-22(29(18-31)11-12-29)15-24(25)21-7-9-28(3,4)10-8-21/h5-7,15,17,20H,8-14,19H2,1-4H3,(H,33,35). The van der Waals surface area contributed by atoms with Crippen LogP contribution < -0.4 is 5.32 Å². The van der Waals surface area contributed by atoms with E-state index in [1.54, 1.807) is 22.5 Å². The van der Waals surface area contributed by atoms with Crippen molar-refractivity contribution in [1.82, 2.24) is 9.55 Å². The first-order valence-electron chi connectivity index (χ1n) is 12.9. The number of carbonyl (C=O) groups is 1. The van der Waals surface area contributed by atoms with E-state index in [1.807, 2.05) is 18.2 Å². The molecule has 1 heterocycles. The Balaban J connectivity index is 1.58. The fraction of sp³-hybridized carbons (Fsp3) is 0.517. The summed E-state index contributed by atoms with van der Waals surface area (Å²) in [5.74, 6) is 0.594. The monoisotopic (exact) mass is 517 g/mol. The average Bonchev–Trinajstić information content (AvgIpc) is 3.56. The molecule has 1 saturated carbocycles. The smallest absolute Gasteiger partial charge is 0.291 e. The molecular weight excluding hydrogens is 482 g/mol. The van der Waals surface area contributed by atoms with Gasteiger partial charge in [-0.1, -0.05) is 39.8 Å². The zero-order chi connectivity index (χ0) is 26.6. The molecule has 0 saturated heterocycles. The van der Waals surface area contributed by atoms with Gasteiger partial charge in [-0.05, 0) is 66.0 Å². The number of amides is 1. The summed E-state index contributed by atoms with van der Waals surface area (Å²) >= 11 is 1.81. The van der Waals surface area contributed by atoms with Gasteiger partial charge in [-0.2, -0.15) is 22.3 Å². The van der Waals surface area contributed by atoms with Crippen molar-refractivity contribution in [3.8, 4) is 12.1 Å². The fourth-order valence-electron chi connectivity index (χ4n) is 4.56. The predicted molar refractivity (Wildman–Crippen MR) is 147 cm³/mol. The number of aromatic nitrogens is 2. The topological polar surface area (TPSA) is 104 Å². The Kier molecular flexibility index (Phi) is 8.11. The Hall–Kier alpha value is -3.07. The highest BCUT2D eigenvalue weighted by molar-refractivity contribution is 7.99. The number of thioether (sulfide) groups is 1. The highest BCUT2D eigenvalue weighted by Crippen LogP contribution is 2.49.